The summed E-state index contributed by atoms with van der Waals surface area (Å²) >= 11 is 0. The number of fused-ring (bicyclic) bond motifs is 11. The lowest BCUT2D eigenvalue weighted by molar-refractivity contribution is 0.670. The number of rotatable bonds is 2. The molecule has 0 N–H and O–H groups in total. The van der Waals surface area contributed by atoms with Gasteiger partial charge in [0, 0.05) is 32.7 Å². The Hall–Kier alpha value is -6.06. The summed E-state index contributed by atoms with van der Waals surface area (Å²) in [5, 5.41) is 11.6. The number of para-hydroxylation sites is 1. The van der Waals surface area contributed by atoms with Crippen molar-refractivity contribution in [2.45, 2.75) is 0 Å². The van der Waals surface area contributed by atoms with Crippen LogP contribution in [0.25, 0.3) is 98.4 Å². The van der Waals surface area contributed by atoms with E-state index in [2.05, 4.69) is 140 Å². The smallest absolute Gasteiger partial charge is 0.143 e. The fourth-order valence-electron chi connectivity index (χ4n) is 7.21. The first-order valence-electron chi connectivity index (χ1n) is 15.2. The van der Waals surface area contributed by atoms with E-state index in [-0.39, 0.29) is 0 Å². The van der Waals surface area contributed by atoms with Crippen molar-refractivity contribution in [3.63, 3.8) is 0 Å². The van der Waals surface area contributed by atoms with E-state index < -0.39 is 0 Å². The molecular weight excluding hydrogens is 548 g/mol. The largest absolute Gasteiger partial charge is 0.455 e. The van der Waals surface area contributed by atoms with Crippen LogP contribution in [0.3, 0.4) is 0 Å². The Kier molecular flexibility index (Phi) is 5.00. The van der Waals surface area contributed by atoms with Gasteiger partial charge in [0.15, 0.2) is 0 Å². The molecule has 45 heavy (non-hydrogen) atoms. The third kappa shape index (κ3) is 3.52. The Balaban J connectivity index is 1.21. The molecule has 208 valence electrons. The van der Waals surface area contributed by atoms with Crippen LogP contribution in [-0.2, 0) is 0 Å². The maximum absolute atomic E-state index is 6.61. The Bertz CT molecular complexity index is 2790. The number of aromatic nitrogens is 2. The van der Waals surface area contributed by atoms with E-state index >= 15 is 0 Å². The van der Waals surface area contributed by atoms with Crippen LogP contribution in [0.4, 0.5) is 0 Å². The third-order valence-electron chi connectivity index (χ3n) is 9.28. The normalized spacial score (nSPS) is 12.0. The van der Waals surface area contributed by atoms with E-state index in [1.54, 1.807) is 0 Å². The summed E-state index contributed by atoms with van der Waals surface area (Å²) in [4.78, 5) is 10.3. The second-order valence-electron chi connectivity index (χ2n) is 11.7. The molecule has 0 aliphatic carbocycles. The molecule has 3 nitrogen and oxygen atoms in total. The lowest BCUT2D eigenvalue weighted by Crippen LogP contribution is -1.93. The number of furan rings is 1. The van der Waals surface area contributed by atoms with Crippen LogP contribution in [0.1, 0.15) is 0 Å². The molecule has 0 spiro atoms. The number of nitrogens with zero attached hydrogens (tertiary/aromatic N) is 2. The molecule has 3 heteroatoms. The highest BCUT2D eigenvalue weighted by Gasteiger charge is 2.18. The molecule has 0 aliphatic heterocycles. The third-order valence-corrected chi connectivity index (χ3v) is 9.28. The van der Waals surface area contributed by atoms with Gasteiger partial charge in [0.05, 0.1) is 22.9 Å². The second kappa shape index (κ2) is 9.22. The number of benzene rings is 8. The van der Waals surface area contributed by atoms with Crippen molar-refractivity contribution in [1.29, 1.82) is 0 Å². The van der Waals surface area contributed by atoms with Crippen LogP contribution < -0.4 is 0 Å². The van der Waals surface area contributed by atoms with Gasteiger partial charge in [-0.25, -0.2) is 4.98 Å². The Morgan fingerprint density at radius 2 is 0.978 bits per heavy atom. The lowest BCUT2D eigenvalue weighted by Gasteiger charge is -2.13. The van der Waals surface area contributed by atoms with Crippen LogP contribution in [0.5, 0.6) is 0 Å². The van der Waals surface area contributed by atoms with Crippen molar-refractivity contribution in [2.75, 3.05) is 0 Å². The maximum atomic E-state index is 6.61. The topological polar surface area (TPSA) is 38.9 Å². The minimum absolute atomic E-state index is 0.860. The molecule has 0 aliphatic rings. The molecule has 2 aromatic heterocycles. The van der Waals surface area contributed by atoms with Gasteiger partial charge < -0.3 is 4.42 Å². The monoisotopic (exact) mass is 572 g/mol. The van der Waals surface area contributed by atoms with Gasteiger partial charge in [-0.15, -0.1) is 0 Å². The highest BCUT2D eigenvalue weighted by Crippen LogP contribution is 2.42. The molecule has 0 saturated carbocycles. The van der Waals surface area contributed by atoms with Gasteiger partial charge in [-0.05, 0) is 50.0 Å². The molecular formula is C42H24N2O. The fourth-order valence-corrected chi connectivity index (χ4v) is 7.21. The van der Waals surface area contributed by atoms with Gasteiger partial charge in [0.1, 0.15) is 11.2 Å². The molecule has 0 amide bonds. The van der Waals surface area contributed by atoms with Crippen LogP contribution >= 0.6 is 0 Å². The van der Waals surface area contributed by atoms with E-state index in [0.29, 0.717) is 0 Å². The molecule has 2 heterocycles. The first kappa shape index (κ1) is 24.4. The summed E-state index contributed by atoms with van der Waals surface area (Å²) in [7, 11) is 0. The summed E-state index contributed by atoms with van der Waals surface area (Å²) in [6.45, 7) is 0. The quantitative estimate of drug-likeness (QED) is 0.193. The van der Waals surface area contributed by atoms with Gasteiger partial charge in [0.2, 0.25) is 0 Å². The van der Waals surface area contributed by atoms with Crippen LogP contribution in [0, 0.1) is 0 Å². The summed E-state index contributed by atoms with van der Waals surface area (Å²) in [5.41, 5.74) is 7.80. The minimum Gasteiger partial charge on any atom is -0.455 e. The van der Waals surface area contributed by atoms with Gasteiger partial charge in [0.25, 0.3) is 0 Å². The zero-order chi connectivity index (χ0) is 29.5. The summed E-state index contributed by atoms with van der Waals surface area (Å²) in [5.74, 6) is 0. The Morgan fingerprint density at radius 1 is 0.400 bits per heavy atom. The standard InChI is InChI=1S/C42H24N2O/c1-2-11-26-23-39-37(22-25(26)10-1)36-19-9-18-35(42(36)45-39)31-20-21-32(28-13-4-3-12-27(28)31)38-24-43-40-33-16-7-5-14-29(33)30-15-6-8-17-34(30)41(40)44-38/h1-24H. The minimum atomic E-state index is 0.860. The van der Waals surface area contributed by atoms with Crippen molar-refractivity contribution in [3.8, 4) is 22.4 Å². The zero-order valence-corrected chi connectivity index (χ0v) is 24.2. The summed E-state index contributed by atoms with van der Waals surface area (Å²) < 4.78 is 6.61. The van der Waals surface area contributed by atoms with Crippen LogP contribution in [0.15, 0.2) is 150 Å². The van der Waals surface area contributed by atoms with Crippen molar-refractivity contribution >= 4 is 76.1 Å². The van der Waals surface area contributed by atoms with Gasteiger partial charge in [-0.2, -0.15) is 0 Å². The molecule has 0 radical (unpaired) electrons. The van der Waals surface area contributed by atoms with Crippen molar-refractivity contribution in [2.24, 2.45) is 0 Å². The first-order chi connectivity index (χ1) is 22.3. The SMILES string of the molecule is c1ccc2cc3c(cc2c1)oc1c(-c2ccc(-c4cnc5c6ccccc6c6ccccc6c5n4)c4ccccc24)cccc13. The maximum Gasteiger partial charge on any atom is 0.143 e. The average molecular weight is 573 g/mol. The average Bonchev–Trinajstić information content (AvgIpc) is 3.47. The Morgan fingerprint density at radius 3 is 1.73 bits per heavy atom. The van der Waals surface area contributed by atoms with E-state index in [4.69, 9.17) is 14.4 Å². The second-order valence-corrected chi connectivity index (χ2v) is 11.7. The van der Waals surface area contributed by atoms with Crippen molar-refractivity contribution in [3.05, 3.63) is 146 Å². The van der Waals surface area contributed by atoms with E-state index in [1.807, 2.05) is 6.20 Å². The summed E-state index contributed by atoms with van der Waals surface area (Å²) in [6, 6.07) is 49.3. The lowest BCUT2D eigenvalue weighted by atomic mass is 9.93. The van der Waals surface area contributed by atoms with E-state index in [1.165, 1.54) is 21.5 Å². The molecule has 0 atom stereocenters. The van der Waals surface area contributed by atoms with Crippen LogP contribution in [0.2, 0.25) is 0 Å². The predicted octanol–water partition coefficient (Wildman–Crippen LogP) is 11.5. The zero-order valence-electron chi connectivity index (χ0n) is 24.2. The molecule has 0 unspecified atom stereocenters. The molecule has 0 saturated heterocycles. The Labute approximate surface area is 258 Å². The number of hydrogen-bond acceptors (Lipinski definition) is 3. The van der Waals surface area contributed by atoms with Crippen molar-refractivity contribution in [1.82, 2.24) is 9.97 Å². The molecule has 10 rings (SSSR count). The molecule has 0 fully saturated rings. The van der Waals surface area contributed by atoms with E-state index in [0.717, 1.165) is 76.9 Å². The molecule has 8 aromatic carbocycles. The first-order valence-corrected chi connectivity index (χ1v) is 15.2. The molecule has 10 aromatic rings. The highest BCUT2D eigenvalue weighted by molar-refractivity contribution is 6.23. The van der Waals surface area contributed by atoms with Crippen molar-refractivity contribution < 1.29 is 4.42 Å². The van der Waals surface area contributed by atoms with E-state index in [9.17, 15) is 0 Å². The predicted molar refractivity (Wildman–Crippen MR) is 188 cm³/mol. The van der Waals surface area contributed by atoms with Gasteiger partial charge in [-0.3, -0.25) is 4.98 Å². The summed E-state index contributed by atoms with van der Waals surface area (Å²) in [6.07, 6.45) is 1.93. The number of hydrogen-bond donors (Lipinski definition) is 0. The van der Waals surface area contributed by atoms with Gasteiger partial charge >= 0.3 is 0 Å². The highest BCUT2D eigenvalue weighted by atomic mass is 16.3. The fraction of sp³-hybridized carbons (Fsp3) is 0. The van der Waals surface area contributed by atoms with Gasteiger partial charge in [-0.1, -0.05) is 127 Å². The molecule has 0 bridgehead atoms. The van der Waals surface area contributed by atoms with Crippen LogP contribution in [-0.4, -0.2) is 9.97 Å².